The molecule has 0 spiro atoms. The highest BCUT2D eigenvalue weighted by Gasteiger charge is 2.27. The van der Waals surface area contributed by atoms with E-state index in [4.69, 9.17) is 18.6 Å². The molecule has 6 heteroatoms. The number of carbonyl (C=O) groups is 1. The van der Waals surface area contributed by atoms with Crippen LogP contribution in [0.5, 0.6) is 17.2 Å². The summed E-state index contributed by atoms with van der Waals surface area (Å²) in [5.41, 5.74) is 1.28. The molecular weight excluding hydrogens is 370 g/mol. The van der Waals surface area contributed by atoms with Crippen LogP contribution in [0.3, 0.4) is 0 Å². The standard InChI is InChI=1S/C23H27NO5/c1-6-11-24(15(2)19-12-16-9-7-8-10-18(16)29-19)23(25)17-13-20(26-3)22(28-5)21(14-17)27-4/h7-10,12-15H,6,11H2,1-5H3. The Bertz CT molecular complexity index is 936. The predicted octanol–water partition coefficient (Wildman–Crippen LogP) is 5.07. The fraction of sp³-hybridized carbons (Fsp3) is 0.348. The Labute approximate surface area is 171 Å². The second-order valence-corrected chi connectivity index (χ2v) is 6.78. The molecule has 3 aromatic rings. The van der Waals surface area contributed by atoms with Gasteiger partial charge < -0.3 is 23.5 Å². The van der Waals surface area contributed by atoms with Crippen molar-refractivity contribution < 1.29 is 23.4 Å². The average molecular weight is 397 g/mol. The Morgan fingerprint density at radius 2 is 1.69 bits per heavy atom. The minimum Gasteiger partial charge on any atom is -0.493 e. The molecule has 0 N–H and O–H groups in total. The van der Waals surface area contributed by atoms with Gasteiger partial charge in [-0.15, -0.1) is 0 Å². The first-order chi connectivity index (χ1) is 14.0. The number of nitrogens with zero attached hydrogens (tertiary/aromatic N) is 1. The molecule has 29 heavy (non-hydrogen) atoms. The Balaban J connectivity index is 1.99. The molecule has 0 radical (unpaired) electrons. The number of methoxy groups -OCH3 is 3. The zero-order chi connectivity index (χ0) is 21.0. The monoisotopic (exact) mass is 397 g/mol. The number of fused-ring (bicyclic) bond motifs is 1. The molecule has 3 rings (SSSR count). The highest BCUT2D eigenvalue weighted by Crippen LogP contribution is 2.39. The van der Waals surface area contributed by atoms with Gasteiger partial charge in [0.05, 0.1) is 27.4 Å². The van der Waals surface area contributed by atoms with E-state index < -0.39 is 0 Å². The van der Waals surface area contributed by atoms with Crippen molar-refractivity contribution in [3.63, 3.8) is 0 Å². The summed E-state index contributed by atoms with van der Waals surface area (Å²) in [6.07, 6.45) is 0.820. The van der Waals surface area contributed by atoms with Crippen LogP contribution in [0.2, 0.25) is 0 Å². The number of rotatable bonds is 8. The summed E-state index contributed by atoms with van der Waals surface area (Å²) >= 11 is 0. The van der Waals surface area contributed by atoms with Crippen molar-refractivity contribution in [2.75, 3.05) is 27.9 Å². The predicted molar refractivity (Wildman–Crippen MR) is 112 cm³/mol. The number of benzene rings is 2. The molecular formula is C23H27NO5. The molecule has 6 nitrogen and oxygen atoms in total. The Hall–Kier alpha value is -3.15. The van der Waals surface area contributed by atoms with Crippen LogP contribution in [0.4, 0.5) is 0 Å². The van der Waals surface area contributed by atoms with Gasteiger partial charge in [-0.25, -0.2) is 0 Å². The molecule has 0 aliphatic heterocycles. The normalized spacial score (nSPS) is 11.9. The molecule has 1 atom stereocenters. The van der Waals surface area contributed by atoms with Gasteiger partial charge in [0.25, 0.3) is 5.91 Å². The number of furan rings is 1. The number of hydrogen-bond acceptors (Lipinski definition) is 5. The van der Waals surface area contributed by atoms with Gasteiger partial charge in [-0.05, 0) is 37.6 Å². The van der Waals surface area contributed by atoms with Gasteiger partial charge >= 0.3 is 0 Å². The summed E-state index contributed by atoms with van der Waals surface area (Å²) < 4.78 is 22.2. The maximum absolute atomic E-state index is 13.4. The molecule has 0 fully saturated rings. The lowest BCUT2D eigenvalue weighted by Gasteiger charge is -2.28. The first kappa shape index (κ1) is 20.6. The number of para-hydroxylation sites is 1. The lowest BCUT2D eigenvalue weighted by molar-refractivity contribution is 0.0671. The Kier molecular flexibility index (Phi) is 6.32. The smallest absolute Gasteiger partial charge is 0.254 e. The van der Waals surface area contributed by atoms with Gasteiger partial charge in [0.15, 0.2) is 11.5 Å². The molecule has 0 saturated carbocycles. The maximum atomic E-state index is 13.4. The van der Waals surface area contributed by atoms with Crippen molar-refractivity contribution in [1.82, 2.24) is 4.90 Å². The van der Waals surface area contributed by atoms with Gasteiger partial charge in [0.1, 0.15) is 11.3 Å². The Morgan fingerprint density at radius 1 is 1.03 bits per heavy atom. The Morgan fingerprint density at radius 3 is 2.24 bits per heavy atom. The van der Waals surface area contributed by atoms with Crippen molar-refractivity contribution >= 4 is 16.9 Å². The van der Waals surface area contributed by atoms with Crippen molar-refractivity contribution in [1.29, 1.82) is 0 Å². The summed E-state index contributed by atoms with van der Waals surface area (Å²) in [6.45, 7) is 4.61. The fourth-order valence-electron chi connectivity index (χ4n) is 3.44. The second-order valence-electron chi connectivity index (χ2n) is 6.78. The van der Waals surface area contributed by atoms with E-state index in [9.17, 15) is 4.79 Å². The van der Waals surface area contributed by atoms with E-state index in [2.05, 4.69) is 0 Å². The van der Waals surface area contributed by atoms with Crippen molar-refractivity contribution in [3.8, 4) is 17.2 Å². The van der Waals surface area contributed by atoms with Gasteiger partial charge in [0.2, 0.25) is 5.75 Å². The average Bonchev–Trinajstić information content (AvgIpc) is 3.19. The van der Waals surface area contributed by atoms with Gasteiger partial charge in [0, 0.05) is 17.5 Å². The molecule has 154 valence electrons. The van der Waals surface area contributed by atoms with Crippen LogP contribution in [-0.2, 0) is 0 Å². The van der Waals surface area contributed by atoms with Crippen molar-refractivity contribution in [2.24, 2.45) is 0 Å². The summed E-state index contributed by atoms with van der Waals surface area (Å²) in [7, 11) is 4.60. The molecule has 0 saturated heterocycles. The zero-order valence-electron chi connectivity index (χ0n) is 17.5. The maximum Gasteiger partial charge on any atom is 0.254 e. The van der Waals surface area contributed by atoms with E-state index >= 15 is 0 Å². The van der Waals surface area contributed by atoms with E-state index in [1.807, 2.05) is 44.2 Å². The van der Waals surface area contributed by atoms with Crippen LogP contribution in [0.25, 0.3) is 11.0 Å². The van der Waals surface area contributed by atoms with Crippen molar-refractivity contribution in [3.05, 3.63) is 53.8 Å². The molecule has 2 aromatic carbocycles. The molecule has 1 amide bonds. The van der Waals surface area contributed by atoms with E-state index in [1.165, 1.54) is 21.3 Å². The van der Waals surface area contributed by atoms with E-state index in [1.54, 1.807) is 17.0 Å². The third-order valence-corrected chi connectivity index (χ3v) is 4.96. The van der Waals surface area contributed by atoms with Crippen LogP contribution < -0.4 is 14.2 Å². The fourth-order valence-corrected chi connectivity index (χ4v) is 3.44. The van der Waals surface area contributed by atoms with Crippen LogP contribution in [0.1, 0.15) is 42.4 Å². The SMILES string of the molecule is CCCN(C(=O)c1cc(OC)c(OC)c(OC)c1)C(C)c1cc2ccccc2o1. The van der Waals surface area contributed by atoms with Gasteiger partial charge in [-0.1, -0.05) is 25.1 Å². The van der Waals surface area contributed by atoms with Gasteiger partial charge in [-0.3, -0.25) is 4.79 Å². The molecule has 1 aromatic heterocycles. The largest absolute Gasteiger partial charge is 0.493 e. The zero-order valence-corrected chi connectivity index (χ0v) is 17.5. The summed E-state index contributed by atoms with van der Waals surface area (Å²) in [6, 6.07) is 13.0. The lowest BCUT2D eigenvalue weighted by atomic mass is 10.1. The van der Waals surface area contributed by atoms with E-state index in [-0.39, 0.29) is 11.9 Å². The highest BCUT2D eigenvalue weighted by molar-refractivity contribution is 5.96. The quantitative estimate of drug-likeness (QED) is 0.531. The van der Waals surface area contributed by atoms with Crippen LogP contribution in [0, 0.1) is 0 Å². The third kappa shape index (κ3) is 4.01. The first-order valence-corrected chi connectivity index (χ1v) is 9.63. The number of amides is 1. The van der Waals surface area contributed by atoms with E-state index in [0.717, 1.165) is 23.2 Å². The minimum atomic E-state index is -0.228. The summed E-state index contributed by atoms with van der Waals surface area (Å²) in [5, 5.41) is 1.02. The first-order valence-electron chi connectivity index (χ1n) is 9.63. The van der Waals surface area contributed by atoms with Crippen molar-refractivity contribution in [2.45, 2.75) is 26.3 Å². The van der Waals surface area contributed by atoms with E-state index in [0.29, 0.717) is 29.4 Å². The lowest BCUT2D eigenvalue weighted by Crippen LogP contribution is -2.34. The molecule has 1 unspecified atom stereocenters. The number of hydrogen-bond donors (Lipinski definition) is 0. The highest BCUT2D eigenvalue weighted by atomic mass is 16.5. The van der Waals surface area contributed by atoms with Gasteiger partial charge in [-0.2, -0.15) is 0 Å². The number of carbonyl (C=O) groups excluding carboxylic acids is 1. The minimum absolute atomic E-state index is 0.126. The topological polar surface area (TPSA) is 61.1 Å². The second kappa shape index (κ2) is 8.90. The summed E-state index contributed by atoms with van der Waals surface area (Å²) in [4.78, 5) is 15.2. The molecule has 0 aliphatic carbocycles. The summed E-state index contributed by atoms with van der Waals surface area (Å²) in [5.74, 6) is 1.98. The number of ether oxygens (including phenoxy) is 3. The third-order valence-electron chi connectivity index (χ3n) is 4.96. The molecule has 1 heterocycles. The molecule has 0 aliphatic rings. The van der Waals surface area contributed by atoms with Crippen LogP contribution >= 0.6 is 0 Å². The van der Waals surface area contributed by atoms with Crippen LogP contribution in [0.15, 0.2) is 46.9 Å². The molecule has 0 bridgehead atoms. The van der Waals surface area contributed by atoms with Crippen LogP contribution in [-0.4, -0.2) is 38.7 Å².